The fourth-order valence-electron chi connectivity index (χ4n) is 4.91. The van der Waals surface area contributed by atoms with Crippen molar-refractivity contribution in [2.75, 3.05) is 29.9 Å². The van der Waals surface area contributed by atoms with Crippen LogP contribution in [-0.4, -0.2) is 51.6 Å². The highest BCUT2D eigenvalue weighted by Crippen LogP contribution is 2.32. The highest BCUT2D eigenvalue weighted by atomic mass is 16.5. The second-order valence-electron chi connectivity index (χ2n) is 9.24. The van der Waals surface area contributed by atoms with E-state index in [9.17, 15) is 9.59 Å². The van der Waals surface area contributed by atoms with Gasteiger partial charge in [-0.2, -0.15) is 10.2 Å². The van der Waals surface area contributed by atoms with E-state index < -0.39 is 5.97 Å². The summed E-state index contributed by atoms with van der Waals surface area (Å²) >= 11 is 0. The highest BCUT2D eigenvalue weighted by Gasteiger charge is 2.29. The second kappa shape index (κ2) is 10.4. The van der Waals surface area contributed by atoms with Gasteiger partial charge in [0.1, 0.15) is 5.52 Å². The standard InChI is InChI=1S/C28H30N6O3/c1-4-37-28(36)20-10-8-12-22(16-20)29-27(35)21-11-9-15-33(17-21)26-25-24(18(2)30-31-26)19(3)34(32-25)23-13-6-5-7-14-23/h5-8,10,12-14,16,21H,4,9,11,15,17H2,1-3H3,(H,29,35)/t21-/m0/s1. The number of piperidine rings is 1. The zero-order valence-corrected chi connectivity index (χ0v) is 21.3. The summed E-state index contributed by atoms with van der Waals surface area (Å²) in [6.07, 6.45) is 1.61. The maximum atomic E-state index is 13.2. The molecule has 0 aliphatic carbocycles. The number of nitrogens with one attached hydrogen (secondary N) is 1. The summed E-state index contributed by atoms with van der Waals surface area (Å²) in [4.78, 5) is 27.4. The number of carbonyl (C=O) groups is 2. The van der Waals surface area contributed by atoms with Gasteiger partial charge in [0, 0.05) is 18.8 Å². The van der Waals surface area contributed by atoms with Crippen LogP contribution >= 0.6 is 0 Å². The van der Waals surface area contributed by atoms with Crippen LogP contribution in [0.5, 0.6) is 0 Å². The van der Waals surface area contributed by atoms with E-state index >= 15 is 0 Å². The Bertz CT molecular complexity index is 1450. The van der Waals surface area contributed by atoms with Gasteiger partial charge in [-0.1, -0.05) is 24.3 Å². The Morgan fingerprint density at radius 3 is 2.68 bits per heavy atom. The number of ether oxygens (including phenoxy) is 1. The molecule has 37 heavy (non-hydrogen) atoms. The zero-order chi connectivity index (χ0) is 25.9. The van der Waals surface area contributed by atoms with Crippen molar-refractivity contribution in [3.05, 3.63) is 71.5 Å². The molecule has 4 aromatic rings. The molecular weight excluding hydrogens is 468 g/mol. The third-order valence-corrected chi connectivity index (χ3v) is 6.72. The third kappa shape index (κ3) is 4.89. The van der Waals surface area contributed by atoms with Gasteiger partial charge in [0.25, 0.3) is 0 Å². The molecule has 1 saturated heterocycles. The molecule has 1 aliphatic heterocycles. The number of amides is 1. The number of para-hydroxylation sites is 1. The maximum Gasteiger partial charge on any atom is 0.338 e. The van der Waals surface area contributed by atoms with Gasteiger partial charge in [-0.15, -0.1) is 5.10 Å². The van der Waals surface area contributed by atoms with Crippen LogP contribution in [0.3, 0.4) is 0 Å². The molecule has 9 nitrogen and oxygen atoms in total. The average Bonchev–Trinajstić information content (AvgIpc) is 3.27. The number of carbonyl (C=O) groups excluding carboxylic acids is 2. The Morgan fingerprint density at radius 1 is 1.08 bits per heavy atom. The van der Waals surface area contributed by atoms with Crippen molar-refractivity contribution in [3.63, 3.8) is 0 Å². The molecular formula is C28H30N6O3. The predicted molar refractivity (Wildman–Crippen MR) is 142 cm³/mol. The molecule has 2 aromatic carbocycles. The quantitative estimate of drug-likeness (QED) is 0.392. The van der Waals surface area contributed by atoms with E-state index in [-0.39, 0.29) is 11.8 Å². The Balaban J connectivity index is 1.39. The van der Waals surface area contributed by atoms with Gasteiger partial charge in [0.05, 0.1) is 40.5 Å². The Hall–Kier alpha value is -4.27. The molecule has 1 N–H and O–H groups in total. The molecule has 0 spiro atoms. The van der Waals surface area contributed by atoms with Crippen LogP contribution in [0.2, 0.25) is 0 Å². The molecule has 1 amide bonds. The minimum Gasteiger partial charge on any atom is -0.462 e. The number of aromatic nitrogens is 4. The van der Waals surface area contributed by atoms with Gasteiger partial charge < -0.3 is 15.0 Å². The molecule has 0 bridgehead atoms. The number of hydrogen-bond acceptors (Lipinski definition) is 7. The smallest absolute Gasteiger partial charge is 0.338 e. The van der Waals surface area contributed by atoms with Gasteiger partial charge in [0.2, 0.25) is 5.91 Å². The summed E-state index contributed by atoms with van der Waals surface area (Å²) in [5.74, 6) is -0.0432. The van der Waals surface area contributed by atoms with E-state index in [0.29, 0.717) is 30.2 Å². The molecule has 3 heterocycles. The monoisotopic (exact) mass is 498 g/mol. The number of fused-ring (bicyclic) bond motifs is 1. The van der Waals surface area contributed by atoms with E-state index in [4.69, 9.17) is 9.84 Å². The van der Waals surface area contributed by atoms with Crippen molar-refractivity contribution < 1.29 is 14.3 Å². The Labute approximate surface area is 215 Å². The number of anilines is 2. The summed E-state index contributed by atoms with van der Waals surface area (Å²) in [7, 11) is 0. The first kappa shape index (κ1) is 24.4. The number of nitrogens with zero attached hydrogens (tertiary/aromatic N) is 5. The van der Waals surface area contributed by atoms with Gasteiger partial charge >= 0.3 is 5.97 Å². The second-order valence-corrected chi connectivity index (χ2v) is 9.24. The summed E-state index contributed by atoms with van der Waals surface area (Å²) in [5, 5.41) is 17.8. The van der Waals surface area contributed by atoms with Crippen molar-refractivity contribution in [2.24, 2.45) is 5.92 Å². The fourth-order valence-corrected chi connectivity index (χ4v) is 4.91. The van der Waals surface area contributed by atoms with E-state index in [1.807, 2.05) is 48.9 Å². The predicted octanol–water partition coefficient (Wildman–Crippen LogP) is 4.46. The van der Waals surface area contributed by atoms with Gasteiger partial charge in [-0.05, 0) is 63.9 Å². The Morgan fingerprint density at radius 2 is 1.89 bits per heavy atom. The molecule has 1 atom stereocenters. The largest absolute Gasteiger partial charge is 0.462 e. The van der Waals surface area contributed by atoms with Crippen LogP contribution < -0.4 is 10.2 Å². The van der Waals surface area contributed by atoms with Crippen LogP contribution in [0.25, 0.3) is 16.6 Å². The topological polar surface area (TPSA) is 102 Å². The van der Waals surface area contributed by atoms with E-state index in [1.54, 1.807) is 31.2 Å². The normalized spacial score (nSPS) is 15.5. The zero-order valence-electron chi connectivity index (χ0n) is 21.3. The van der Waals surface area contributed by atoms with Gasteiger partial charge in [-0.3, -0.25) is 4.79 Å². The molecule has 0 radical (unpaired) electrons. The highest BCUT2D eigenvalue weighted by molar-refractivity contribution is 5.96. The molecule has 0 saturated carbocycles. The number of esters is 1. The van der Waals surface area contributed by atoms with Crippen LogP contribution in [0, 0.1) is 19.8 Å². The first-order chi connectivity index (χ1) is 18.0. The summed E-state index contributed by atoms with van der Waals surface area (Å²) < 4.78 is 7.00. The minimum atomic E-state index is -0.408. The minimum absolute atomic E-state index is 0.0898. The van der Waals surface area contributed by atoms with Gasteiger partial charge in [-0.25, -0.2) is 9.48 Å². The lowest BCUT2D eigenvalue weighted by atomic mass is 9.96. The number of benzene rings is 2. The van der Waals surface area contributed by atoms with Crippen LogP contribution in [0.1, 0.15) is 41.5 Å². The van der Waals surface area contributed by atoms with Crippen LogP contribution in [-0.2, 0) is 9.53 Å². The third-order valence-electron chi connectivity index (χ3n) is 6.72. The van der Waals surface area contributed by atoms with Crippen molar-refractivity contribution in [2.45, 2.75) is 33.6 Å². The maximum absolute atomic E-state index is 13.2. The lowest BCUT2D eigenvalue weighted by molar-refractivity contribution is -0.120. The van der Waals surface area contributed by atoms with Crippen molar-refractivity contribution >= 4 is 34.3 Å². The summed E-state index contributed by atoms with van der Waals surface area (Å²) in [6.45, 7) is 7.32. The van der Waals surface area contributed by atoms with Crippen LogP contribution in [0.15, 0.2) is 54.6 Å². The lowest BCUT2D eigenvalue weighted by Crippen LogP contribution is -2.41. The first-order valence-electron chi connectivity index (χ1n) is 12.6. The first-order valence-corrected chi connectivity index (χ1v) is 12.6. The average molecular weight is 499 g/mol. The molecule has 1 aliphatic rings. The Kier molecular flexibility index (Phi) is 6.85. The molecule has 190 valence electrons. The van der Waals surface area contributed by atoms with E-state index in [1.165, 1.54) is 0 Å². The lowest BCUT2D eigenvalue weighted by Gasteiger charge is -2.32. The van der Waals surface area contributed by atoms with Crippen molar-refractivity contribution in [1.29, 1.82) is 0 Å². The van der Waals surface area contributed by atoms with E-state index in [2.05, 4.69) is 20.4 Å². The number of aryl methyl sites for hydroxylation is 2. The number of rotatable bonds is 6. The molecule has 9 heteroatoms. The molecule has 2 aromatic heterocycles. The van der Waals surface area contributed by atoms with Crippen molar-refractivity contribution in [1.82, 2.24) is 20.0 Å². The summed E-state index contributed by atoms with van der Waals surface area (Å²) in [6, 6.07) is 16.8. The number of hydrogen-bond donors (Lipinski definition) is 1. The molecule has 5 rings (SSSR count). The molecule has 1 fully saturated rings. The summed E-state index contributed by atoms with van der Waals surface area (Å²) in [5.41, 5.74) is 4.57. The molecule has 0 unspecified atom stereocenters. The van der Waals surface area contributed by atoms with Gasteiger partial charge in [0.15, 0.2) is 5.82 Å². The fraction of sp³-hybridized carbons (Fsp3) is 0.321. The van der Waals surface area contributed by atoms with Crippen molar-refractivity contribution in [3.8, 4) is 5.69 Å². The van der Waals surface area contributed by atoms with Crippen LogP contribution in [0.4, 0.5) is 11.5 Å². The SMILES string of the molecule is CCOC(=O)c1cccc(NC(=O)[C@H]2CCCN(c3nnc(C)c4c(C)n(-c5ccccc5)nc34)C2)c1. The van der Waals surface area contributed by atoms with E-state index in [0.717, 1.165) is 47.4 Å².